The number of nitrogens with zero attached hydrogens (tertiary/aromatic N) is 2. The van der Waals surface area contributed by atoms with Crippen molar-refractivity contribution in [1.29, 1.82) is 0 Å². The van der Waals surface area contributed by atoms with Gasteiger partial charge in [0.1, 0.15) is 11.6 Å². The molecule has 0 atom stereocenters. The summed E-state index contributed by atoms with van der Waals surface area (Å²) in [5, 5.41) is 9.75. The van der Waals surface area contributed by atoms with E-state index in [4.69, 9.17) is 11.6 Å². The number of rotatable bonds is 2. The molecule has 1 N–H and O–H groups in total. The molecule has 0 aliphatic carbocycles. The Labute approximate surface area is 109 Å². The fraction of sp³-hybridized carbons (Fsp3) is 0.0769. The summed E-state index contributed by atoms with van der Waals surface area (Å²) < 4.78 is 12.9. The van der Waals surface area contributed by atoms with Crippen molar-refractivity contribution in [2.24, 2.45) is 4.99 Å². The quantitative estimate of drug-likeness (QED) is 0.842. The van der Waals surface area contributed by atoms with Crippen molar-refractivity contribution in [2.45, 2.75) is 6.92 Å². The van der Waals surface area contributed by atoms with Crippen LogP contribution in [0.4, 0.5) is 10.1 Å². The van der Waals surface area contributed by atoms with E-state index in [2.05, 4.69) is 9.98 Å². The SMILES string of the molecule is Cc1nccc(/C=N/c2ccc(F)c(Cl)c2)c1O. The van der Waals surface area contributed by atoms with Gasteiger partial charge in [-0.05, 0) is 31.2 Å². The second-order valence-corrected chi connectivity index (χ2v) is 4.10. The van der Waals surface area contributed by atoms with Gasteiger partial charge in [-0.3, -0.25) is 9.98 Å². The lowest BCUT2D eigenvalue weighted by molar-refractivity contribution is 0.467. The summed E-state index contributed by atoms with van der Waals surface area (Å²) >= 11 is 5.64. The Kier molecular flexibility index (Phi) is 3.58. The minimum Gasteiger partial charge on any atom is -0.505 e. The van der Waals surface area contributed by atoms with Gasteiger partial charge in [0.2, 0.25) is 0 Å². The fourth-order valence-corrected chi connectivity index (χ4v) is 1.57. The normalized spacial score (nSPS) is 11.1. The highest BCUT2D eigenvalue weighted by molar-refractivity contribution is 6.31. The summed E-state index contributed by atoms with van der Waals surface area (Å²) in [5.41, 5.74) is 1.58. The molecule has 5 heteroatoms. The first-order valence-corrected chi connectivity index (χ1v) is 5.59. The molecule has 92 valence electrons. The zero-order chi connectivity index (χ0) is 13.1. The number of aryl methyl sites for hydroxylation is 1. The van der Waals surface area contributed by atoms with Crippen LogP contribution in [0.25, 0.3) is 0 Å². The molecule has 0 unspecified atom stereocenters. The van der Waals surface area contributed by atoms with Gasteiger partial charge < -0.3 is 5.11 Å². The third-order valence-corrected chi connectivity index (χ3v) is 2.68. The van der Waals surface area contributed by atoms with Gasteiger partial charge in [-0.1, -0.05) is 11.6 Å². The van der Waals surface area contributed by atoms with Crippen LogP contribution in [0, 0.1) is 12.7 Å². The lowest BCUT2D eigenvalue weighted by Gasteiger charge is -2.01. The highest BCUT2D eigenvalue weighted by atomic mass is 35.5. The zero-order valence-corrected chi connectivity index (χ0v) is 10.3. The van der Waals surface area contributed by atoms with Crippen LogP contribution in [0.2, 0.25) is 5.02 Å². The van der Waals surface area contributed by atoms with E-state index in [0.29, 0.717) is 16.9 Å². The number of hydrogen-bond donors (Lipinski definition) is 1. The van der Waals surface area contributed by atoms with E-state index in [1.54, 1.807) is 19.2 Å². The highest BCUT2D eigenvalue weighted by Crippen LogP contribution is 2.22. The van der Waals surface area contributed by atoms with Crippen molar-refractivity contribution in [3.63, 3.8) is 0 Å². The monoisotopic (exact) mass is 264 g/mol. The third kappa shape index (κ3) is 2.65. The first-order chi connectivity index (χ1) is 8.58. The molecule has 0 fully saturated rings. The Hall–Kier alpha value is -1.94. The molecule has 0 radical (unpaired) electrons. The Bertz CT molecular complexity index is 614. The Morgan fingerprint density at radius 2 is 2.17 bits per heavy atom. The molecule has 0 bridgehead atoms. The number of aromatic nitrogens is 1. The molecule has 0 saturated heterocycles. The number of aromatic hydroxyl groups is 1. The van der Waals surface area contributed by atoms with Gasteiger partial charge in [-0.15, -0.1) is 0 Å². The molecule has 18 heavy (non-hydrogen) atoms. The van der Waals surface area contributed by atoms with E-state index in [1.807, 2.05) is 0 Å². The zero-order valence-electron chi connectivity index (χ0n) is 9.56. The molecule has 2 rings (SSSR count). The second-order valence-electron chi connectivity index (χ2n) is 3.69. The van der Waals surface area contributed by atoms with E-state index in [1.165, 1.54) is 24.4 Å². The lowest BCUT2D eigenvalue weighted by Crippen LogP contribution is -1.88. The van der Waals surface area contributed by atoms with Crippen LogP contribution in [-0.2, 0) is 0 Å². The van der Waals surface area contributed by atoms with Crippen molar-refractivity contribution >= 4 is 23.5 Å². The smallest absolute Gasteiger partial charge is 0.145 e. The van der Waals surface area contributed by atoms with Crippen LogP contribution >= 0.6 is 11.6 Å². The molecule has 0 spiro atoms. The number of aliphatic imine (C=N–C) groups is 1. The number of pyridine rings is 1. The summed E-state index contributed by atoms with van der Waals surface area (Å²) in [6, 6.07) is 5.80. The average molecular weight is 265 g/mol. The fourth-order valence-electron chi connectivity index (χ4n) is 1.39. The molecule has 3 nitrogen and oxygen atoms in total. The maximum Gasteiger partial charge on any atom is 0.145 e. The Balaban J connectivity index is 2.30. The van der Waals surface area contributed by atoms with Crippen LogP contribution in [-0.4, -0.2) is 16.3 Å². The number of benzene rings is 1. The van der Waals surface area contributed by atoms with E-state index < -0.39 is 5.82 Å². The lowest BCUT2D eigenvalue weighted by atomic mass is 10.2. The molecule has 0 aliphatic rings. The van der Waals surface area contributed by atoms with E-state index >= 15 is 0 Å². The van der Waals surface area contributed by atoms with E-state index in [0.717, 1.165) is 0 Å². The van der Waals surface area contributed by atoms with E-state index in [-0.39, 0.29) is 10.8 Å². The van der Waals surface area contributed by atoms with Gasteiger partial charge in [0.05, 0.1) is 16.4 Å². The summed E-state index contributed by atoms with van der Waals surface area (Å²) in [7, 11) is 0. The summed E-state index contributed by atoms with van der Waals surface area (Å²) in [6.45, 7) is 1.70. The molecule has 0 aliphatic heterocycles. The van der Waals surface area contributed by atoms with Crippen molar-refractivity contribution < 1.29 is 9.50 Å². The maximum absolute atomic E-state index is 12.9. The van der Waals surface area contributed by atoms with Crippen molar-refractivity contribution in [3.8, 4) is 5.75 Å². The standard InChI is InChI=1S/C13H10ClFN2O/c1-8-13(18)9(4-5-16-8)7-17-10-2-3-12(15)11(14)6-10/h2-7,18H,1H3/b17-7+. The van der Waals surface area contributed by atoms with Gasteiger partial charge in [-0.2, -0.15) is 0 Å². The summed E-state index contributed by atoms with van der Waals surface area (Å²) in [4.78, 5) is 8.05. The largest absolute Gasteiger partial charge is 0.505 e. The molecule has 2 aromatic rings. The van der Waals surface area contributed by atoms with Gasteiger partial charge in [0.25, 0.3) is 0 Å². The minimum absolute atomic E-state index is 0.0137. The van der Waals surface area contributed by atoms with Gasteiger partial charge in [0, 0.05) is 18.0 Å². The van der Waals surface area contributed by atoms with Crippen LogP contribution in [0.3, 0.4) is 0 Å². The first-order valence-electron chi connectivity index (χ1n) is 5.21. The minimum atomic E-state index is -0.488. The first kappa shape index (κ1) is 12.5. The third-order valence-electron chi connectivity index (χ3n) is 2.39. The molecule has 1 aromatic carbocycles. The second kappa shape index (κ2) is 5.14. The average Bonchev–Trinajstić information content (AvgIpc) is 2.35. The van der Waals surface area contributed by atoms with Crippen molar-refractivity contribution in [3.05, 3.63) is 52.6 Å². The topological polar surface area (TPSA) is 45.5 Å². The molecule has 0 saturated carbocycles. The van der Waals surface area contributed by atoms with Crippen molar-refractivity contribution in [2.75, 3.05) is 0 Å². The molecular weight excluding hydrogens is 255 g/mol. The molecule has 0 amide bonds. The predicted molar refractivity (Wildman–Crippen MR) is 69.3 cm³/mol. The van der Waals surface area contributed by atoms with Crippen LogP contribution in [0.1, 0.15) is 11.3 Å². The van der Waals surface area contributed by atoms with Gasteiger partial charge in [0.15, 0.2) is 0 Å². The predicted octanol–water partition coefficient (Wildman–Crippen LogP) is 3.64. The highest BCUT2D eigenvalue weighted by Gasteiger charge is 2.02. The Morgan fingerprint density at radius 1 is 1.39 bits per heavy atom. The summed E-state index contributed by atoms with van der Waals surface area (Å²) in [5.74, 6) is -0.410. The van der Waals surface area contributed by atoms with Gasteiger partial charge >= 0.3 is 0 Å². The Morgan fingerprint density at radius 3 is 2.89 bits per heavy atom. The van der Waals surface area contributed by atoms with Crippen LogP contribution < -0.4 is 0 Å². The number of halogens is 2. The number of hydrogen-bond acceptors (Lipinski definition) is 3. The summed E-state index contributed by atoms with van der Waals surface area (Å²) in [6.07, 6.45) is 3.06. The van der Waals surface area contributed by atoms with E-state index in [9.17, 15) is 9.50 Å². The molecule has 1 aromatic heterocycles. The molecular formula is C13H10ClFN2O. The van der Waals surface area contributed by atoms with Crippen LogP contribution in [0.5, 0.6) is 5.75 Å². The van der Waals surface area contributed by atoms with Gasteiger partial charge in [-0.25, -0.2) is 4.39 Å². The van der Waals surface area contributed by atoms with Crippen LogP contribution in [0.15, 0.2) is 35.5 Å². The molecule has 1 heterocycles. The van der Waals surface area contributed by atoms with Crippen molar-refractivity contribution in [1.82, 2.24) is 4.98 Å². The maximum atomic E-state index is 12.9.